The minimum absolute atomic E-state index is 0.0932. The van der Waals surface area contributed by atoms with Crippen molar-refractivity contribution < 1.29 is 19.2 Å². The molecule has 1 aromatic carbocycles. The van der Waals surface area contributed by atoms with Crippen LogP contribution in [0.1, 0.15) is 38.3 Å². The SMILES string of the molecule is CC(C)n1cc(CN2CC3CN(C(=O)ON4C(=O)CCC4=O)CC3C2)c(-c2ccccc2Cl)n1. The number of carbonyl (C=O) groups excluding carboxylic acids is 3. The maximum atomic E-state index is 12.5. The number of imide groups is 1. The molecule has 9 nitrogen and oxygen atoms in total. The van der Waals surface area contributed by atoms with E-state index in [4.69, 9.17) is 21.5 Å². The van der Waals surface area contributed by atoms with Crippen LogP contribution in [0.4, 0.5) is 4.79 Å². The Balaban J connectivity index is 1.24. The highest BCUT2D eigenvalue weighted by atomic mass is 35.5. The van der Waals surface area contributed by atoms with Crippen LogP contribution in [0.5, 0.6) is 0 Å². The third-order valence-electron chi connectivity index (χ3n) is 6.85. The molecule has 0 radical (unpaired) electrons. The van der Waals surface area contributed by atoms with E-state index in [-0.39, 0.29) is 18.9 Å². The fraction of sp³-hybridized carbons (Fsp3) is 0.500. The molecule has 0 aliphatic carbocycles. The zero-order valence-electron chi connectivity index (χ0n) is 19.3. The predicted octanol–water partition coefficient (Wildman–Crippen LogP) is 3.35. The summed E-state index contributed by atoms with van der Waals surface area (Å²) in [4.78, 5) is 45.1. The first-order chi connectivity index (χ1) is 16.3. The van der Waals surface area contributed by atoms with Crippen LogP contribution in [0.2, 0.25) is 5.02 Å². The zero-order chi connectivity index (χ0) is 24.0. The number of fused-ring (bicyclic) bond motifs is 1. The van der Waals surface area contributed by atoms with Gasteiger partial charge in [0.2, 0.25) is 0 Å². The van der Waals surface area contributed by atoms with Gasteiger partial charge in [0.1, 0.15) is 0 Å². The molecule has 5 rings (SSSR count). The summed E-state index contributed by atoms with van der Waals surface area (Å²) in [5.41, 5.74) is 2.96. The summed E-state index contributed by atoms with van der Waals surface area (Å²) in [6, 6.07) is 8.00. The maximum Gasteiger partial charge on any atom is 0.434 e. The van der Waals surface area contributed by atoms with Crippen molar-refractivity contribution in [2.24, 2.45) is 11.8 Å². The van der Waals surface area contributed by atoms with Gasteiger partial charge in [-0.25, -0.2) is 4.79 Å². The van der Waals surface area contributed by atoms with Gasteiger partial charge in [-0.1, -0.05) is 29.8 Å². The molecule has 1 aromatic heterocycles. The number of amides is 3. The minimum Gasteiger partial charge on any atom is -0.311 e. The standard InChI is InChI=1S/C24H28ClN5O4/c1-15(2)29-14-18(23(26-29)19-5-3-4-6-20(19)25)11-27-9-16-12-28(13-17(16)10-27)24(33)34-30-21(31)7-8-22(30)32/h3-6,14-17H,7-13H2,1-2H3. The lowest BCUT2D eigenvalue weighted by Gasteiger charge is -2.22. The van der Waals surface area contributed by atoms with Crippen molar-refractivity contribution in [2.45, 2.75) is 39.3 Å². The molecule has 3 aliphatic heterocycles. The third kappa shape index (κ3) is 4.30. The van der Waals surface area contributed by atoms with E-state index in [2.05, 4.69) is 24.9 Å². The second kappa shape index (κ2) is 9.03. The molecule has 0 bridgehead atoms. The highest BCUT2D eigenvalue weighted by Crippen LogP contribution is 2.35. The molecule has 3 aliphatic rings. The average Bonchev–Trinajstić information content (AvgIpc) is 3.54. The molecule has 10 heteroatoms. The van der Waals surface area contributed by atoms with Gasteiger partial charge in [-0.15, -0.1) is 5.06 Å². The van der Waals surface area contributed by atoms with Gasteiger partial charge in [0.25, 0.3) is 11.8 Å². The lowest BCUT2D eigenvalue weighted by atomic mass is 10.0. The molecule has 3 amide bonds. The smallest absolute Gasteiger partial charge is 0.311 e. The van der Waals surface area contributed by atoms with E-state index in [1.54, 1.807) is 4.90 Å². The van der Waals surface area contributed by atoms with Crippen LogP contribution >= 0.6 is 11.6 Å². The fourth-order valence-corrected chi connectivity index (χ4v) is 5.32. The molecule has 2 atom stereocenters. The molecule has 3 saturated heterocycles. The molecular formula is C24H28ClN5O4. The van der Waals surface area contributed by atoms with Crippen LogP contribution < -0.4 is 0 Å². The number of nitrogens with zero attached hydrogens (tertiary/aromatic N) is 5. The number of halogens is 1. The van der Waals surface area contributed by atoms with Crippen LogP contribution in [0.15, 0.2) is 30.5 Å². The molecule has 3 fully saturated rings. The predicted molar refractivity (Wildman–Crippen MR) is 124 cm³/mol. The van der Waals surface area contributed by atoms with Crippen molar-refractivity contribution in [1.29, 1.82) is 0 Å². The molecular weight excluding hydrogens is 458 g/mol. The largest absolute Gasteiger partial charge is 0.434 e. The number of hydroxylamine groups is 2. The quantitative estimate of drug-likeness (QED) is 0.603. The summed E-state index contributed by atoms with van der Waals surface area (Å²) in [5, 5.41) is 6.12. The van der Waals surface area contributed by atoms with Gasteiger partial charge in [0.05, 0.1) is 10.7 Å². The van der Waals surface area contributed by atoms with Gasteiger partial charge < -0.3 is 9.74 Å². The summed E-state index contributed by atoms with van der Waals surface area (Å²) < 4.78 is 1.98. The van der Waals surface area contributed by atoms with E-state index in [9.17, 15) is 14.4 Å². The van der Waals surface area contributed by atoms with Crippen molar-refractivity contribution in [2.75, 3.05) is 26.2 Å². The van der Waals surface area contributed by atoms with Gasteiger partial charge in [-0.2, -0.15) is 5.10 Å². The van der Waals surface area contributed by atoms with E-state index in [1.807, 2.05) is 28.9 Å². The monoisotopic (exact) mass is 485 g/mol. The number of aromatic nitrogens is 2. The van der Waals surface area contributed by atoms with E-state index in [1.165, 1.54) is 0 Å². The Morgan fingerprint density at radius 1 is 1.09 bits per heavy atom. The lowest BCUT2D eigenvalue weighted by Crippen LogP contribution is -2.40. The highest BCUT2D eigenvalue weighted by Gasteiger charge is 2.43. The second-order valence-corrected chi connectivity index (χ2v) is 10.0. The zero-order valence-corrected chi connectivity index (χ0v) is 20.1. The van der Waals surface area contributed by atoms with Gasteiger partial charge in [-0.3, -0.25) is 19.2 Å². The van der Waals surface area contributed by atoms with E-state index >= 15 is 0 Å². The summed E-state index contributed by atoms with van der Waals surface area (Å²) in [6.07, 6.45) is 1.67. The summed E-state index contributed by atoms with van der Waals surface area (Å²) in [6.45, 7) is 7.77. The average molecular weight is 486 g/mol. The first-order valence-corrected chi connectivity index (χ1v) is 12.1. The number of hydrogen-bond acceptors (Lipinski definition) is 6. The van der Waals surface area contributed by atoms with Crippen molar-refractivity contribution in [3.05, 3.63) is 41.0 Å². The van der Waals surface area contributed by atoms with Crippen LogP contribution in [0.25, 0.3) is 11.3 Å². The highest BCUT2D eigenvalue weighted by molar-refractivity contribution is 6.33. The van der Waals surface area contributed by atoms with E-state index in [0.29, 0.717) is 35.0 Å². The summed E-state index contributed by atoms with van der Waals surface area (Å²) in [7, 11) is 0. The number of benzene rings is 1. The Morgan fingerprint density at radius 3 is 2.35 bits per heavy atom. The Labute approximate surface area is 203 Å². The molecule has 2 aromatic rings. The first kappa shape index (κ1) is 22.9. The molecule has 0 saturated carbocycles. The third-order valence-corrected chi connectivity index (χ3v) is 7.18. The maximum absolute atomic E-state index is 12.5. The van der Waals surface area contributed by atoms with Gasteiger partial charge >= 0.3 is 6.09 Å². The molecule has 0 spiro atoms. The number of carbonyl (C=O) groups is 3. The molecule has 34 heavy (non-hydrogen) atoms. The van der Waals surface area contributed by atoms with E-state index < -0.39 is 17.9 Å². The second-order valence-electron chi connectivity index (χ2n) is 9.61. The topological polar surface area (TPSA) is 88.0 Å². The first-order valence-electron chi connectivity index (χ1n) is 11.7. The molecule has 4 heterocycles. The Bertz CT molecular complexity index is 1100. The van der Waals surface area contributed by atoms with Gasteiger partial charge in [-0.05, 0) is 31.7 Å². The Kier molecular flexibility index (Phi) is 6.07. The van der Waals surface area contributed by atoms with Crippen LogP contribution in [0.3, 0.4) is 0 Å². The van der Waals surface area contributed by atoms with Crippen molar-refractivity contribution in [3.63, 3.8) is 0 Å². The molecule has 180 valence electrons. The Morgan fingerprint density at radius 2 is 1.74 bits per heavy atom. The van der Waals surface area contributed by atoms with Crippen LogP contribution in [0, 0.1) is 11.8 Å². The lowest BCUT2D eigenvalue weighted by molar-refractivity contribution is -0.173. The van der Waals surface area contributed by atoms with Gasteiger partial charge in [0.15, 0.2) is 0 Å². The number of likely N-dealkylation sites (tertiary alicyclic amines) is 2. The normalized spacial score (nSPS) is 22.8. The van der Waals surface area contributed by atoms with Crippen LogP contribution in [-0.4, -0.2) is 68.7 Å². The molecule has 2 unspecified atom stereocenters. The molecule has 0 N–H and O–H groups in total. The minimum atomic E-state index is -0.622. The summed E-state index contributed by atoms with van der Waals surface area (Å²) in [5.74, 6) is -0.275. The van der Waals surface area contributed by atoms with Crippen molar-refractivity contribution >= 4 is 29.5 Å². The van der Waals surface area contributed by atoms with Crippen molar-refractivity contribution in [1.82, 2.24) is 24.6 Å². The summed E-state index contributed by atoms with van der Waals surface area (Å²) >= 11 is 6.48. The van der Waals surface area contributed by atoms with Crippen molar-refractivity contribution in [3.8, 4) is 11.3 Å². The van der Waals surface area contributed by atoms with Gasteiger partial charge in [0, 0.05) is 68.9 Å². The Hall–Kier alpha value is -2.91. The number of rotatable bonds is 5. The van der Waals surface area contributed by atoms with Crippen LogP contribution in [-0.2, 0) is 21.0 Å². The van der Waals surface area contributed by atoms with E-state index in [0.717, 1.165) is 36.5 Å². The number of hydrogen-bond donors (Lipinski definition) is 0. The fourth-order valence-electron chi connectivity index (χ4n) is 5.09.